The quantitative estimate of drug-likeness (QED) is 0.678. The lowest BCUT2D eigenvalue weighted by Crippen LogP contribution is -2.57. The smallest absolute Gasteiger partial charge is 0.317 e. The third kappa shape index (κ3) is 3.90. The molecule has 102 valence electrons. The van der Waals surface area contributed by atoms with E-state index in [1.807, 2.05) is 6.92 Å². The molecule has 1 fully saturated rings. The van der Waals surface area contributed by atoms with Crippen LogP contribution in [0.3, 0.4) is 0 Å². The second-order valence-electron chi connectivity index (χ2n) is 4.46. The number of nitrogens with one attached hydrogen (secondary N) is 1. The van der Waals surface area contributed by atoms with E-state index in [0.29, 0.717) is 19.5 Å². The van der Waals surface area contributed by atoms with Gasteiger partial charge in [0.1, 0.15) is 6.54 Å². The van der Waals surface area contributed by atoms with Crippen LogP contribution in [0.2, 0.25) is 0 Å². The normalized spacial score (nSPS) is 19.9. The van der Waals surface area contributed by atoms with E-state index in [4.69, 9.17) is 5.11 Å². The van der Waals surface area contributed by atoms with Gasteiger partial charge in [-0.3, -0.25) is 9.59 Å². The zero-order valence-corrected chi connectivity index (χ0v) is 10.7. The molecule has 0 aromatic heterocycles. The molecule has 0 spiro atoms. The van der Waals surface area contributed by atoms with E-state index in [2.05, 4.69) is 5.32 Å². The van der Waals surface area contributed by atoms with Crippen LogP contribution in [0.4, 0.5) is 4.79 Å². The van der Waals surface area contributed by atoms with Gasteiger partial charge in [-0.1, -0.05) is 0 Å². The topological polar surface area (TPSA) is 90.0 Å². The third-order valence-electron chi connectivity index (χ3n) is 3.00. The van der Waals surface area contributed by atoms with Crippen LogP contribution in [-0.4, -0.2) is 65.5 Å². The molecule has 7 heteroatoms. The molecule has 0 aromatic rings. The minimum Gasteiger partial charge on any atom is -0.481 e. The molecule has 0 radical (unpaired) electrons. The fourth-order valence-electron chi connectivity index (χ4n) is 1.73. The predicted molar refractivity (Wildman–Crippen MR) is 64.1 cm³/mol. The van der Waals surface area contributed by atoms with Gasteiger partial charge in [-0.2, -0.15) is 0 Å². The summed E-state index contributed by atoms with van der Waals surface area (Å²) in [6.45, 7) is 2.75. The highest BCUT2D eigenvalue weighted by Gasteiger charge is 2.29. The van der Waals surface area contributed by atoms with E-state index < -0.39 is 5.97 Å². The highest BCUT2D eigenvalue weighted by atomic mass is 16.4. The van der Waals surface area contributed by atoms with Crippen LogP contribution in [0.25, 0.3) is 0 Å². The van der Waals surface area contributed by atoms with E-state index in [1.165, 1.54) is 4.90 Å². The Balaban J connectivity index is 2.34. The number of hydrogen-bond donors (Lipinski definition) is 2. The van der Waals surface area contributed by atoms with Crippen molar-refractivity contribution in [1.29, 1.82) is 0 Å². The molecule has 3 amide bonds. The van der Waals surface area contributed by atoms with Gasteiger partial charge in [0.25, 0.3) is 0 Å². The van der Waals surface area contributed by atoms with E-state index in [1.54, 1.807) is 11.9 Å². The lowest BCUT2D eigenvalue weighted by molar-refractivity contribution is -0.137. The van der Waals surface area contributed by atoms with Crippen molar-refractivity contribution < 1.29 is 19.5 Å². The van der Waals surface area contributed by atoms with Gasteiger partial charge < -0.3 is 20.2 Å². The fraction of sp³-hybridized carbons (Fsp3) is 0.727. The Kier molecular flexibility index (Phi) is 4.94. The summed E-state index contributed by atoms with van der Waals surface area (Å²) in [5.41, 5.74) is 0. The van der Waals surface area contributed by atoms with Gasteiger partial charge in [0.05, 0.1) is 0 Å². The van der Waals surface area contributed by atoms with Crippen molar-refractivity contribution >= 4 is 17.9 Å². The molecule has 1 heterocycles. The first-order valence-electron chi connectivity index (χ1n) is 5.92. The molecule has 0 aromatic carbocycles. The second kappa shape index (κ2) is 6.23. The first-order valence-corrected chi connectivity index (χ1v) is 5.92. The average molecular weight is 257 g/mol. The Morgan fingerprint density at radius 3 is 2.72 bits per heavy atom. The maximum Gasteiger partial charge on any atom is 0.317 e. The maximum absolute atomic E-state index is 11.7. The number of rotatable bonds is 4. The van der Waals surface area contributed by atoms with Crippen molar-refractivity contribution in [2.45, 2.75) is 25.8 Å². The monoisotopic (exact) mass is 257 g/mol. The summed E-state index contributed by atoms with van der Waals surface area (Å²) >= 11 is 0. The molecule has 0 bridgehead atoms. The van der Waals surface area contributed by atoms with E-state index in [-0.39, 0.29) is 30.9 Å². The molecular formula is C11H19N3O4. The van der Waals surface area contributed by atoms with Crippen molar-refractivity contribution in [3.05, 3.63) is 0 Å². The summed E-state index contributed by atoms with van der Waals surface area (Å²) < 4.78 is 0. The van der Waals surface area contributed by atoms with Crippen LogP contribution in [0.1, 0.15) is 19.8 Å². The number of aliphatic carboxylic acids is 1. The third-order valence-corrected chi connectivity index (χ3v) is 3.00. The van der Waals surface area contributed by atoms with Gasteiger partial charge in [0.15, 0.2) is 0 Å². The molecule has 18 heavy (non-hydrogen) atoms. The Morgan fingerprint density at radius 2 is 2.17 bits per heavy atom. The molecular weight excluding hydrogens is 238 g/mol. The highest BCUT2D eigenvalue weighted by Crippen LogP contribution is 2.08. The Morgan fingerprint density at radius 1 is 1.50 bits per heavy atom. The van der Waals surface area contributed by atoms with Crippen molar-refractivity contribution in [2.75, 3.05) is 26.7 Å². The molecule has 0 aliphatic carbocycles. The maximum atomic E-state index is 11.7. The van der Waals surface area contributed by atoms with Gasteiger partial charge in [0, 0.05) is 32.6 Å². The number of amides is 3. The summed E-state index contributed by atoms with van der Waals surface area (Å²) in [7, 11) is 1.72. The van der Waals surface area contributed by atoms with Gasteiger partial charge >= 0.3 is 12.0 Å². The number of carbonyl (C=O) groups is 3. The Hall–Kier alpha value is -1.79. The summed E-state index contributed by atoms with van der Waals surface area (Å²) in [6.07, 6.45) is 0.413. The first-order chi connectivity index (χ1) is 8.41. The van der Waals surface area contributed by atoms with Crippen LogP contribution in [-0.2, 0) is 9.59 Å². The number of urea groups is 1. The van der Waals surface area contributed by atoms with E-state index in [0.717, 1.165) is 0 Å². The molecule has 7 nitrogen and oxygen atoms in total. The number of piperazine rings is 1. The molecule has 1 atom stereocenters. The average Bonchev–Trinajstić information content (AvgIpc) is 2.30. The minimum absolute atomic E-state index is 0.00369. The Bertz CT molecular complexity index is 345. The van der Waals surface area contributed by atoms with Crippen LogP contribution >= 0.6 is 0 Å². The number of carboxylic acids is 1. The minimum atomic E-state index is -0.882. The summed E-state index contributed by atoms with van der Waals surface area (Å²) in [5, 5.41) is 11.1. The highest BCUT2D eigenvalue weighted by molar-refractivity contribution is 5.85. The molecule has 1 aliphatic rings. The van der Waals surface area contributed by atoms with Crippen molar-refractivity contribution in [3.63, 3.8) is 0 Å². The number of nitrogens with zero attached hydrogens (tertiary/aromatic N) is 2. The lowest BCUT2D eigenvalue weighted by atomic mass is 10.2. The molecule has 1 unspecified atom stereocenters. The first kappa shape index (κ1) is 14.3. The predicted octanol–water partition coefficient (Wildman–Crippen LogP) is -0.277. The van der Waals surface area contributed by atoms with Crippen LogP contribution in [0.15, 0.2) is 0 Å². The standard InChI is InChI=1S/C11H19N3O4/c1-8-6-14(7-9(15)13(8)2)11(18)12-5-3-4-10(16)17/h8H,3-7H2,1-2H3,(H,12,18)(H,16,17). The number of likely N-dealkylation sites (N-methyl/N-ethyl adjacent to an activating group) is 1. The lowest BCUT2D eigenvalue weighted by Gasteiger charge is -2.37. The van der Waals surface area contributed by atoms with Gasteiger partial charge in [-0.05, 0) is 13.3 Å². The van der Waals surface area contributed by atoms with Gasteiger partial charge in [-0.15, -0.1) is 0 Å². The molecule has 1 rings (SSSR count). The number of carboxylic acid groups (broad SMARTS) is 1. The number of carbonyl (C=O) groups excluding carboxylic acids is 2. The van der Waals surface area contributed by atoms with Gasteiger partial charge in [0.2, 0.25) is 5.91 Å². The number of hydrogen-bond acceptors (Lipinski definition) is 3. The molecule has 2 N–H and O–H groups in total. The second-order valence-corrected chi connectivity index (χ2v) is 4.46. The summed E-state index contributed by atoms with van der Waals surface area (Å²) in [4.78, 5) is 36.7. The fourth-order valence-corrected chi connectivity index (χ4v) is 1.73. The van der Waals surface area contributed by atoms with E-state index >= 15 is 0 Å². The van der Waals surface area contributed by atoms with Crippen molar-refractivity contribution in [1.82, 2.24) is 15.1 Å². The van der Waals surface area contributed by atoms with Crippen LogP contribution in [0.5, 0.6) is 0 Å². The van der Waals surface area contributed by atoms with Crippen molar-refractivity contribution in [3.8, 4) is 0 Å². The molecule has 1 aliphatic heterocycles. The zero-order valence-electron chi connectivity index (χ0n) is 10.7. The Labute approximate surface area is 106 Å². The van der Waals surface area contributed by atoms with Crippen LogP contribution in [0, 0.1) is 0 Å². The molecule has 0 saturated carbocycles. The van der Waals surface area contributed by atoms with Crippen LogP contribution < -0.4 is 5.32 Å². The SMILES string of the molecule is CC1CN(C(=O)NCCCC(=O)O)CC(=O)N1C. The van der Waals surface area contributed by atoms with Crippen molar-refractivity contribution in [2.24, 2.45) is 0 Å². The zero-order chi connectivity index (χ0) is 13.7. The van der Waals surface area contributed by atoms with E-state index in [9.17, 15) is 14.4 Å². The summed E-state index contributed by atoms with van der Waals surface area (Å²) in [5.74, 6) is -0.970. The van der Waals surface area contributed by atoms with Gasteiger partial charge in [-0.25, -0.2) is 4.79 Å². The summed E-state index contributed by atoms with van der Waals surface area (Å²) in [6, 6.07) is -0.315. The largest absolute Gasteiger partial charge is 0.481 e. The molecule has 1 saturated heterocycles.